The maximum Gasteiger partial charge on any atom is 0.152 e. The van der Waals surface area contributed by atoms with Gasteiger partial charge < -0.3 is 5.73 Å². The summed E-state index contributed by atoms with van der Waals surface area (Å²) in [4.78, 5) is 0. The van der Waals surface area contributed by atoms with Crippen molar-refractivity contribution in [2.75, 3.05) is 0 Å². The Morgan fingerprint density at radius 2 is 2.26 bits per heavy atom. The molecule has 0 fully saturated rings. The molecule has 0 radical (unpaired) electrons. The predicted molar refractivity (Wildman–Crippen MR) is 71.0 cm³/mol. The van der Waals surface area contributed by atoms with Gasteiger partial charge in [0.05, 0.1) is 22.8 Å². The molecule has 1 heterocycles. The monoisotopic (exact) mass is 278 g/mol. The Balaban J connectivity index is 2.40. The minimum absolute atomic E-state index is 0.0397. The highest BCUT2D eigenvalue weighted by Crippen LogP contribution is 2.29. The Morgan fingerprint density at radius 1 is 1.53 bits per heavy atom. The summed E-state index contributed by atoms with van der Waals surface area (Å²) in [5.74, 6) is -0.633. The van der Waals surface area contributed by atoms with E-state index in [9.17, 15) is 4.39 Å². The van der Waals surface area contributed by atoms with Crippen LogP contribution < -0.4 is 5.73 Å². The Labute approximate surface area is 115 Å². The molecule has 0 spiro atoms. The second kappa shape index (κ2) is 5.39. The zero-order valence-corrected chi connectivity index (χ0v) is 11.0. The van der Waals surface area contributed by atoms with Crippen LogP contribution in [0.5, 0.6) is 0 Å². The smallest absolute Gasteiger partial charge is 0.152 e. The molecule has 0 bridgehead atoms. The summed E-state index contributed by atoms with van der Waals surface area (Å²) < 4.78 is 15.7. The molecule has 19 heavy (non-hydrogen) atoms. The molecule has 0 aliphatic heterocycles. The maximum absolute atomic E-state index is 14.0. The molecule has 0 saturated heterocycles. The molecule has 0 aliphatic carbocycles. The zero-order valence-electron chi connectivity index (χ0n) is 10.3. The lowest BCUT2D eigenvalue weighted by Gasteiger charge is -2.05. The second-order valence-electron chi connectivity index (χ2n) is 4.30. The van der Waals surface area contributed by atoms with Gasteiger partial charge in [0.25, 0.3) is 0 Å². The van der Waals surface area contributed by atoms with Gasteiger partial charge in [0.15, 0.2) is 5.82 Å². The van der Waals surface area contributed by atoms with Crippen molar-refractivity contribution in [2.45, 2.75) is 19.5 Å². The van der Waals surface area contributed by atoms with E-state index in [1.807, 2.05) is 13.0 Å². The fourth-order valence-corrected chi connectivity index (χ4v) is 1.94. The van der Waals surface area contributed by atoms with Gasteiger partial charge in [-0.15, -0.1) is 0 Å². The van der Waals surface area contributed by atoms with Gasteiger partial charge in [0.1, 0.15) is 6.07 Å². The number of aromatic nitrogens is 2. The molecule has 6 heteroatoms. The summed E-state index contributed by atoms with van der Waals surface area (Å²) in [6, 6.07) is 6.45. The first-order chi connectivity index (χ1) is 9.02. The van der Waals surface area contributed by atoms with Gasteiger partial charge in [0.2, 0.25) is 0 Å². The number of hydrogen-bond acceptors (Lipinski definition) is 3. The average Bonchev–Trinajstić information content (AvgIpc) is 2.80. The highest BCUT2D eigenvalue weighted by Gasteiger charge is 2.15. The van der Waals surface area contributed by atoms with E-state index in [1.54, 1.807) is 16.9 Å². The Hall–Kier alpha value is -1.90. The summed E-state index contributed by atoms with van der Waals surface area (Å²) in [5.41, 5.74) is 6.51. The molecule has 1 aromatic carbocycles. The van der Waals surface area contributed by atoms with Gasteiger partial charge in [0, 0.05) is 17.8 Å². The van der Waals surface area contributed by atoms with Crippen LogP contribution >= 0.6 is 11.6 Å². The number of nitrogens with zero attached hydrogens (tertiary/aromatic N) is 3. The van der Waals surface area contributed by atoms with Crippen molar-refractivity contribution in [3.8, 4) is 17.3 Å². The first-order valence-corrected chi connectivity index (χ1v) is 6.08. The highest BCUT2D eigenvalue weighted by atomic mass is 35.5. The van der Waals surface area contributed by atoms with E-state index in [1.165, 1.54) is 12.1 Å². The average molecular weight is 279 g/mol. The van der Waals surface area contributed by atoms with E-state index in [4.69, 9.17) is 22.6 Å². The molecule has 0 saturated carbocycles. The van der Waals surface area contributed by atoms with Crippen molar-refractivity contribution in [1.29, 1.82) is 5.26 Å². The summed E-state index contributed by atoms with van der Waals surface area (Å²) >= 11 is 5.79. The molecular weight excluding hydrogens is 267 g/mol. The Bertz CT molecular complexity index is 643. The number of nitriles is 1. The van der Waals surface area contributed by atoms with Crippen molar-refractivity contribution in [2.24, 2.45) is 5.73 Å². The van der Waals surface area contributed by atoms with Gasteiger partial charge >= 0.3 is 0 Å². The van der Waals surface area contributed by atoms with E-state index in [0.29, 0.717) is 12.2 Å². The third kappa shape index (κ3) is 2.75. The quantitative estimate of drug-likeness (QED) is 0.938. The summed E-state index contributed by atoms with van der Waals surface area (Å²) in [6.07, 6.45) is 1.73. The van der Waals surface area contributed by atoms with Crippen LogP contribution in [-0.4, -0.2) is 15.8 Å². The SMILES string of the molecule is CC(N)Cn1ccc(-c2ccc(C#N)c(Cl)c2F)n1. The van der Waals surface area contributed by atoms with Crippen molar-refractivity contribution in [3.63, 3.8) is 0 Å². The number of hydrogen-bond donors (Lipinski definition) is 1. The lowest BCUT2D eigenvalue weighted by molar-refractivity contribution is 0.539. The van der Waals surface area contributed by atoms with Crippen molar-refractivity contribution in [3.05, 3.63) is 40.8 Å². The van der Waals surface area contributed by atoms with Gasteiger partial charge in [-0.25, -0.2) is 4.39 Å². The Kier molecular flexibility index (Phi) is 3.84. The maximum atomic E-state index is 14.0. The lowest BCUT2D eigenvalue weighted by atomic mass is 10.1. The van der Waals surface area contributed by atoms with Gasteiger partial charge in [-0.2, -0.15) is 10.4 Å². The predicted octanol–water partition coefficient (Wildman–Crippen LogP) is 2.56. The number of nitrogens with two attached hydrogens (primary N) is 1. The third-order valence-corrected chi connectivity index (χ3v) is 2.96. The molecule has 1 atom stereocenters. The fraction of sp³-hybridized carbons (Fsp3) is 0.231. The van der Waals surface area contributed by atoms with E-state index in [2.05, 4.69) is 5.10 Å². The van der Waals surface area contributed by atoms with Crippen LogP contribution in [-0.2, 0) is 6.54 Å². The van der Waals surface area contributed by atoms with Crippen LogP contribution in [0.15, 0.2) is 24.4 Å². The molecule has 1 unspecified atom stereocenters. The van der Waals surface area contributed by atoms with E-state index in [0.717, 1.165) is 0 Å². The molecular formula is C13H12ClFN4. The van der Waals surface area contributed by atoms with Crippen LogP contribution in [0.1, 0.15) is 12.5 Å². The summed E-state index contributed by atoms with van der Waals surface area (Å²) in [6.45, 7) is 2.41. The van der Waals surface area contributed by atoms with Gasteiger partial charge in [-0.05, 0) is 25.1 Å². The van der Waals surface area contributed by atoms with Crippen LogP contribution in [0.2, 0.25) is 5.02 Å². The van der Waals surface area contributed by atoms with E-state index < -0.39 is 5.82 Å². The number of halogens is 2. The van der Waals surface area contributed by atoms with Crippen LogP contribution in [0, 0.1) is 17.1 Å². The normalized spacial score (nSPS) is 12.2. The van der Waals surface area contributed by atoms with Crippen LogP contribution in [0.4, 0.5) is 4.39 Å². The second-order valence-corrected chi connectivity index (χ2v) is 4.68. The van der Waals surface area contributed by atoms with E-state index in [-0.39, 0.29) is 22.2 Å². The molecule has 0 aliphatic rings. The first-order valence-electron chi connectivity index (χ1n) is 5.70. The largest absolute Gasteiger partial charge is 0.326 e. The van der Waals surface area contributed by atoms with Crippen molar-refractivity contribution in [1.82, 2.24) is 9.78 Å². The zero-order chi connectivity index (χ0) is 14.0. The van der Waals surface area contributed by atoms with Crippen molar-refractivity contribution >= 4 is 11.6 Å². The summed E-state index contributed by atoms with van der Waals surface area (Å²) in [7, 11) is 0. The number of benzene rings is 1. The van der Waals surface area contributed by atoms with Crippen LogP contribution in [0.25, 0.3) is 11.3 Å². The molecule has 1 aromatic heterocycles. The lowest BCUT2D eigenvalue weighted by Crippen LogP contribution is -2.22. The molecule has 2 N–H and O–H groups in total. The topological polar surface area (TPSA) is 67.6 Å². The minimum atomic E-state index is -0.633. The van der Waals surface area contributed by atoms with E-state index >= 15 is 0 Å². The highest BCUT2D eigenvalue weighted by molar-refractivity contribution is 6.32. The summed E-state index contributed by atoms with van der Waals surface area (Å²) in [5, 5.41) is 12.8. The van der Waals surface area contributed by atoms with Crippen molar-refractivity contribution < 1.29 is 4.39 Å². The molecule has 98 valence electrons. The third-order valence-electron chi connectivity index (χ3n) is 2.59. The van der Waals surface area contributed by atoms with Gasteiger partial charge in [-0.3, -0.25) is 4.68 Å². The number of rotatable bonds is 3. The fourth-order valence-electron chi connectivity index (χ4n) is 1.74. The molecule has 2 rings (SSSR count). The minimum Gasteiger partial charge on any atom is -0.326 e. The Morgan fingerprint density at radius 3 is 2.89 bits per heavy atom. The molecule has 2 aromatic rings. The standard InChI is InChI=1S/C13H12ClFN4/c1-8(17)7-19-5-4-11(18-19)10-3-2-9(6-16)12(14)13(10)15/h2-5,8H,7,17H2,1H3. The van der Waals surface area contributed by atoms with Gasteiger partial charge in [-0.1, -0.05) is 11.6 Å². The first kappa shape index (κ1) is 13.5. The molecule has 0 amide bonds. The van der Waals surface area contributed by atoms with Crippen LogP contribution in [0.3, 0.4) is 0 Å². The molecule has 4 nitrogen and oxygen atoms in total.